The quantitative estimate of drug-likeness (QED) is 0.435. The number of nitrogens with zero attached hydrogens (tertiary/aromatic N) is 3. The number of hydrogen-bond acceptors (Lipinski definition) is 6. The molecule has 1 rings (SSSR count). The Bertz CT molecular complexity index is 510. The van der Waals surface area contributed by atoms with E-state index in [9.17, 15) is 19.7 Å². The monoisotopic (exact) mass is 255 g/mol. The molecule has 0 aliphatic heterocycles. The third-order valence-electron chi connectivity index (χ3n) is 2.29. The maximum absolute atomic E-state index is 11.6. The van der Waals surface area contributed by atoms with Crippen LogP contribution in [0, 0.1) is 10.1 Å². The Morgan fingerprint density at radius 1 is 1.61 bits per heavy atom. The summed E-state index contributed by atoms with van der Waals surface area (Å²) in [5.41, 5.74) is -1.07. The molecule has 18 heavy (non-hydrogen) atoms. The molecule has 0 aromatic carbocycles. The number of hydrogen-bond donors (Lipinski definition) is 0. The second kappa shape index (κ2) is 5.89. The van der Waals surface area contributed by atoms with Gasteiger partial charge in [0.25, 0.3) is 0 Å². The van der Waals surface area contributed by atoms with Crippen LogP contribution >= 0.6 is 0 Å². The first-order valence-electron chi connectivity index (χ1n) is 5.40. The molecule has 0 saturated carbocycles. The first kappa shape index (κ1) is 13.8. The van der Waals surface area contributed by atoms with Crippen molar-refractivity contribution < 1.29 is 14.5 Å². The maximum Gasteiger partial charge on any atom is 0.348 e. The molecule has 0 N–H and O–H groups in total. The molecule has 0 radical (unpaired) electrons. The van der Waals surface area contributed by atoms with E-state index in [-0.39, 0.29) is 18.7 Å². The summed E-state index contributed by atoms with van der Waals surface area (Å²) in [7, 11) is 0. The van der Waals surface area contributed by atoms with Gasteiger partial charge in [0.1, 0.15) is 12.2 Å². The number of nitro groups is 1. The highest BCUT2D eigenvalue weighted by Gasteiger charge is 2.23. The van der Waals surface area contributed by atoms with E-state index < -0.39 is 22.6 Å². The van der Waals surface area contributed by atoms with Crippen LogP contribution in [0.2, 0.25) is 0 Å². The number of carbonyl (C=O) groups is 1. The molecule has 1 atom stereocenters. The van der Waals surface area contributed by atoms with Crippen molar-refractivity contribution in [3.05, 3.63) is 33.0 Å². The van der Waals surface area contributed by atoms with E-state index in [0.29, 0.717) is 0 Å². The van der Waals surface area contributed by atoms with Gasteiger partial charge in [-0.05, 0) is 13.3 Å². The molecule has 98 valence electrons. The Kier molecular flexibility index (Phi) is 4.52. The average Bonchev–Trinajstić information content (AvgIpc) is 2.32. The lowest BCUT2D eigenvalue weighted by atomic mass is 10.2. The van der Waals surface area contributed by atoms with Gasteiger partial charge in [-0.3, -0.25) is 14.7 Å². The van der Waals surface area contributed by atoms with Crippen LogP contribution in [0.4, 0.5) is 5.69 Å². The van der Waals surface area contributed by atoms with Crippen LogP contribution in [-0.4, -0.2) is 27.1 Å². The fourth-order valence-corrected chi connectivity index (χ4v) is 1.45. The van der Waals surface area contributed by atoms with E-state index >= 15 is 0 Å². The Morgan fingerprint density at radius 3 is 2.78 bits per heavy atom. The Hall–Kier alpha value is -2.25. The van der Waals surface area contributed by atoms with Gasteiger partial charge < -0.3 is 4.74 Å². The summed E-state index contributed by atoms with van der Waals surface area (Å²) in [6, 6.07) is -0.898. The summed E-state index contributed by atoms with van der Waals surface area (Å²) in [5, 5.41) is 10.6. The van der Waals surface area contributed by atoms with Gasteiger partial charge in [0.15, 0.2) is 0 Å². The number of ether oxygens (including phenoxy) is 1. The van der Waals surface area contributed by atoms with Crippen LogP contribution in [0.3, 0.4) is 0 Å². The molecule has 1 aromatic heterocycles. The highest BCUT2D eigenvalue weighted by molar-refractivity contribution is 5.74. The minimum absolute atomic E-state index is 0.173. The van der Waals surface area contributed by atoms with E-state index in [2.05, 4.69) is 4.98 Å². The molecule has 0 aliphatic carbocycles. The van der Waals surface area contributed by atoms with Crippen LogP contribution in [-0.2, 0) is 9.53 Å². The molecule has 0 amide bonds. The van der Waals surface area contributed by atoms with Crippen molar-refractivity contribution in [2.24, 2.45) is 0 Å². The fourth-order valence-electron chi connectivity index (χ4n) is 1.45. The highest BCUT2D eigenvalue weighted by atomic mass is 16.6. The molecule has 8 heteroatoms. The molecule has 1 aromatic rings. The average molecular weight is 255 g/mol. The van der Waals surface area contributed by atoms with Gasteiger partial charge in [-0.1, -0.05) is 6.92 Å². The van der Waals surface area contributed by atoms with E-state index in [1.165, 1.54) is 0 Å². The Balaban J connectivity index is 3.20. The van der Waals surface area contributed by atoms with Crippen molar-refractivity contribution in [3.8, 4) is 0 Å². The van der Waals surface area contributed by atoms with Crippen LogP contribution < -0.4 is 5.69 Å². The summed E-state index contributed by atoms with van der Waals surface area (Å²) < 4.78 is 5.74. The second-order valence-electron chi connectivity index (χ2n) is 3.44. The van der Waals surface area contributed by atoms with Gasteiger partial charge in [-0.25, -0.2) is 9.59 Å². The second-order valence-corrected chi connectivity index (χ2v) is 3.44. The predicted octanol–water partition coefficient (Wildman–Crippen LogP) is 0.666. The summed E-state index contributed by atoms with van der Waals surface area (Å²) in [6.07, 6.45) is 2.14. The Morgan fingerprint density at radius 2 is 2.28 bits per heavy atom. The number of carbonyl (C=O) groups excluding carboxylic acids is 1. The molecule has 0 fully saturated rings. The normalized spacial score (nSPS) is 11.9. The lowest BCUT2D eigenvalue weighted by Gasteiger charge is -2.15. The maximum atomic E-state index is 11.6. The number of esters is 1. The van der Waals surface area contributed by atoms with Crippen LogP contribution in [0.15, 0.2) is 17.2 Å². The van der Waals surface area contributed by atoms with Crippen LogP contribution in [0.25, 0.3) is 0 Å². The van der Waals surface area contributed by atoms with Gasteiger partial charge in [0.05, 0.1) is 17.7 Å². The van der Waals surface area contributed by atoms with Gasteiger partial charge in [0.2, 0.25) is 0 Å². The minimum atomic E-state index is -0.898. The molecular weight excluding hydrogens is 242 g/mol. The van der Waals surface area contributed by atoms with Gasteiger partial charge in [0, 0.05) is 0 Å². The smallest absolute Gasteiger partial charge is 0.348 e. The van der Waals surface area contributed by atoms with E-state index in [0.717, 1.165) is 17.0 Å². The first-order valence-corrected chi connectivity index (χ1v) is 5.40. The van der Waals surface area contributed by atoms with Crippen molar-refractivity contribution in [2.45, 2.75) is 26.3 Å². The molecule has 0 spiro atoms. The zero-order valence-electron chi connectivity index (χ0n) is 10.0. The van der Waals surface area contributed by atoms with Crippen molar-refractivity contribution in [3.63, 3.8) is 0 Å². The lowest BCUT2D eigenvalue weighted by Crippen LogP contribution is -2.32. The standard InChI is InChI=1S/C10H13N3O5/c1-3-8(9(14)18-4-2)12-6-7(13(16)17)5-11-10(12)15/h5-6,8H,3-4H2,1-2H3. The zero-order valence-corrected chi connectivity index (χ0v) is 10.0. The third-order valence-corrected chi connectivity index (χ3v) is 2.29. The van der Waals surface area contributed by atoms with Crippen LogP contribution in [0.5, 0.6) is 0 Å². The fraction of sp³-hybridized carbons (Fsp3) is 0.500. The molecule has 8 nitrogen and oxygen atoms in total. The van der Waals surface area contributed by atoms with Crippen molar-refractivity contribution in [1.29, 1.82) is 0 Å². The molecule has 0 saturated heterocycles. The van der Waals surface area contributed by atoms with Gasteiger partial charge in [-0.2, -0.15) is 4.98 Å². The lowest BCUT2D eigenvalue weighted by molar-refractivity contribution is -0.385. The largest absolute Gasteiger partial charge is 0.464 e. The van der Waals surface area contributed by atoms with Crippen molar-refractivity contribution in [1.82, 2.24) is 9.55 Å². The molecular formula is C10H13N3O5. The number of aromatic nitrogens is 2. The SMILES string of the molecule is CCOC(=O)C(CC)n1cc([N+](=O)[O-])cnc1=O. The molecule has 1 unspecified atom stereocenters. The minimum Gasteiger partial charge on any atom is -0.464 e. The van der Waals surface area contributed by atoms with Gasteiger partial charge in [-0.15, -0.1) is 0 Å². The molecule has 1 heterocycles. The third kappa shape index (κ3) is 2.90. The Labute approximate surface area is 102 Å². The molecule has 0 bridgehead atoms. The van der Waals surface area contributed by atoms with Gasteiger partial charge >= 0.3 is 17.3 Å². The van der Waals surface area contributed by atoms with Crippen molar-refractivity contribution in [2.75, 3.05) is 6.61 Å². The van der Waals surface area contributed by atoms with E-state index in [1.807, 2.05) is 0 Å². The predicted molar refractivity (Wildman–Crippen MR) is 61.1 cm³/mol. The first-order chi connectivity index (χ1) is 8.51. The summed E-state index contributed by atoms with van der Waals surface area (Å²) in [5.74, 6) is -0.607. The van der Waals surface area contributed by atoms with Crippen molar-refractivity contribution >= 4 is 11.7 Å². The summed E-state index contributed by atoms with van der Waals surface area (Å²) in [6.45, 7) is 3.48. The summed E-state index contributed by atoms with van der Waals surface area (Å²) >= 11 is 0. The van der Waals surface area contributed by atoms with E-state index in [4.69, 9.17) is 4.74 Å². The summed E-state index contributed by atoms with van der Waals surface area (Å²) in [4.78, 5) is 36.4. The topological polar surface area (TPSA) is 104 Å². The zero-order chi connectivity index (χ0) is 13.7. The molecule has 0 aliphatic rings. The van der Waals surface area contributed by atoms with Crippen LogP contribution in [0.1, 0.15) is 26.3 Å². The van der Waals surface area contributed by atoms with E-state index in [1.54, 1.807) is 13.8 Å². The number of rotatable bonds is 5. The highest BCUT2D eigenvalue weighted by Crippen LogP contribution is 2.14.